The van der Waals surface area contributed by atoms with Gasteiger partial charge in [0.25, 0.3) is 0 Å². The summed E-state index contributed by atoms with van der Waals surface area (Å²) in [6.07, 6.45) is 1.95. The van der Waals surface area contributed by atoms with E-state index in [0.717, 1.165) is 23.6 Å². The van der Waals surface area contributed by atoms with Crippen molar-refractivity contribution >= 4 is 17.3 Å². The Morgan fingerprint density at radius 1 is 1.35 bits per heavy atom. The first kappa shape index (κ1) is 14.3. The third kappa shape index (κ3) is 3.62. The summed E-state index contributed by atoms with van der Waals surface area (Å²) < 4.78 is 0. The van der Waals surface area contributed by atoms with Gasteiger partial charge in [-0.25, -0.2) is 0 Å². The Morgan fingerprint density at radius 2 is 2.00 bits per heavy atom. The van der Waals surface area contributed by atoms with Crippen molar-refractivity contribution in [3.63, 3.8) is 0 Å². The first-order valence-corrected chi connectivity index (χ1v) is 6.61. The smallest absolute Gasteiger partial charge is 0.0642 e. The monoisotopic (exact) mass is 254 g/mol. The van der Waals surface area contributed by atoms with Crippen molar-refractivity contribution in [2.45, 2.75) is 45.7 Å². The van der Waals surface area contributed by atoms with Crippen LogP contribution in [0.5, 0.6) is 0 Å². The van der Waals surface area contributed by atoms with Crippen LogP contribution in [0.4, 0.5) is 5.69 Å². The van der Waals surface area contributed by atoms with Crippen LogP contribution in [0.3, 0.4) is 0 Å². The second-order valence-corrected chi connectivity index (χ2v) is 5.20. The molecule has 0 bridgehead atoms. The zero-order valence-corrected chi connectivity index (χ0v) is 12.0. The normalized spacial score (nSPS) is 14.5. The summed E-state index contributed by atoms with van der Waals surface area (Å²) in [6, 6.07) is 6.68. The van der Waals surface area contributed by atoms with E-state index in [0.29, 0.717) is 6.04 Å². The Kier molecular flexibility index (Phi) is 5.29. The van der Waals surface area contributed by atoms with Gasteiger partial charge >= 0.3 is 0 Å². The highest BCUT2D eigenvalue weighted by atomic mass is 35.5. The maximum Gasteiger partial charge on any atom is 0.0642 e. The van der Waals surface area contributed by atoms with Crippen molar-refractivity contribution < 1.29 is 0 Å². The van der Waals surface area contributed by atoms with E-state index >= 15 is 0 Å². The topological polar surface area (TPSA) is 29.3 Å². The number of nitrogens with two attached hydrogens (primary N) is 1. The van der Waals surface area contributed by atoms with Gasteiger partial charge in [0.15, 0.2) is 0 Å². The lowest BCUT2D eigenvalue weighted by atomic mass is 10.0. The maximum atomic E-state index is 6.33. The summed E-state index contributed by atoms with van der Waals surface area (Å²) in [6.45, 7) is 6.41. The molecule has 0 radical (unpaired) electrons. The first-order chi connectivity index (χ1) is 7.97. The van der Waals surface area contributed by atoms with Gasteiger partial charge in [0, 0.05) is 19.1 Å². The standard InChI is InChI=1S/C14H23ClN2/c1-5-11(3)17(4)14-12(9-10(2)16)7-6-8-13(14)15/h6-8,10-11H,5,9,16H2,1-4H3. The summed E-state index contributed by atoms with van der Waals surface area (Å²) in [5, 5.41) is 0.811. The molecule has 0 aromatic heterocycles. The molecule has 2 nitrogen and oxygen atoms in total. The van der Waals surface area contributed by atoms with Gasteiger partial charge in [0.2, 0.25) is 0 Å². The van der Waals surface area contributed by atoms with Crippen LogP contribution in [0.2, 0.25) is 5.02 Å². The molecule has 0 amide bonds. The van der Waals surface area contributed by atoms with E-state index in [9.17, 15) is 0 Å². The first-order valence-electron chi connectivity index (χ1n) is 6.23. The number of benzene rings is 1. The molecule has 96 valence electrons. The zero-order valence-electron chi connectivity index (χ0n) is 11.2. The Hall–Kier alpha value is -0.730. The Balaban J connectivity index is 3.10. The van der Waals surface area contributed by atoms with E-state index in [4.69, 9.17) is 17.3 Å². The zero-order chi connectivity index (χ0) is 13.0. The SMILES string of the molecule is CCC(C)N(C)c1c(Cl)cccc1CC(C)N. The Bertz CT molecular complexity index is 363. The van der Waals surface area contributed by atoms with Gasteiger partial charge in [-0.15, -0.1) is 0 Å². The minimum Gasteiger partial charge on any atom is -0.370 e. The average Bonchev–Trinajstić information content (AvgIpc) is 2.26. The van der Waals surface area contributed by atoms with Gasteiger partial charge in [-0.3, -0.25) is 0 Å². The van der Waals surface area contributed by atoms with Crippen molar-refractivity contribution in [3.05, 3.63) is 28.8 Å². The van der Waals surface area contributed by atoms with Crippen molar-refractivity contribution in [3.8, 4) is 0 Å². The van der Waals surface area contributed by atoms with E-state index in [1.807, 2.05) is 19.1 Å². The molecule has 2 unspecified atom stereocenters. The molecule has 0 heterocycles. The summed E-state index contributed by atoms with van der Waals surface area (Å²) in [5.74, 6) is 0. The summed E-state index contributed by atoms with van der Waals surface area (Å²) in [7, 11) is 2.10. The van der Waals surface area contributed by atoms with Gasteiger partial charge in [-0.1, -0.05) is 30.7 Å². The third-order valence-corrected chi connectivity index (χ3v) is 3.52. The van der Waals surface area contributed by atoms with E-state index in [2.05, 4.69) is 31.9 Å². The lowest BCUT2D eigenvalue weighted by Gasteiger charge is -2.29. The third-order valence-electron chi connectivity index (χ3n) is 3.22. The van der Waals surface area contributed by atoms with E-state index in [1.165, 1.54) is 5.56 Å². The molecule has 0 saturated heterocycles. The van der Waals surface area contributed by atoms with E-state index in [-0.39, 0.29) is 6.04 Å². The van der Waals surface area contributed by atoms with Gasteiger partial charge in [0.05, 0.1) is 10.7 Å². The molecule has 2 atom stereocenters. The lowest BCUT2D eigenvalue weighted by Crippen LogP contribution is -2.30. The van der Waals surface area contributed by atoms with Crippen LogP contribution < -0.4 is 10.6 Å². The Morgan fingerprint density at radius 3 is 2.53 bits per heavy atom. The van der Waals surface area contributed by atoms with Gasteiger partial charge in [-0.2, -0.15) is 0 Å². The van der Waals surface area contributed by atoms with E-state index in [1.54, 1.807) is 0 Å². The van der Waals surface area contributed by atoms with Crippen molar-refractivity contribution in [1.29, 1.82) is 0 Å². The number of halogens is 1. The predicted molar refractivity (Wildman–Crippen MR) is 77.0 cm³/mol. The van der Waals surface area contributed by atoms with Crippen LogP contribution in [0.25, 0.3) is 0 Å². The van der Waals surface area contributed by atoms with Gasteiger partial charge in [0.1, 0.15) is 0 Å². The number of rotatable bonds is 5. The summed E-state index contributed by atoms with van der Waals surface area (Å²) in [5.41, 5.74) is 8.25. The van der Waals surface area contributed by atoms with Crippen LogP contribution in [0, 0.1) is 0 Å². The minimum atomic E-state index is 0.151. The molecule has 0 aliphatic carbocycles. The second kappa shape index (κ2) is 6.27. The lowest BCUT2D eigenvalue weighted by molar-refractivity contribution is 0.656. The molecule has 2 N–H and O–H groups in total. The highest BCUT2D eigenvalue weighted by Crippen LogP contribution is 2.31. The molecule has 0 saturated carbocycles. The summed E-state index contributed by atoms with van der Waals surface area (Å²) >= 11 is 6.33. The molecule has 0 aliphatic heterocycles. The van der Waals surface area contributed by atoms with Crippen LogP contribution in [0.1, 0.15) is 32.8 Å². The number of nitrogens with zero attached hydrogens (tertiary/aromatic N) is 1. The molecule has 0 spiro atoms. The minimum absolute atomic E-state index is 0.151. The molecular weight excluding hydrogens is 232 g/mol. The molecule has 0 aliphatic rings. The second-order valence-electron chi connectivity index (χ2n) is 4.80. The molecule has 17 heavy (non-hydrogen) atoms. The molecule has 1 aromatic rings. The number of para-hydroxylation sites is 1. The number of hydrogen-bond donors (Lipinski definition) is 1. The van der Waals surface area contributed by atoms with Gasteiger partial charge in [-0.05, 0) is 38.3 Å². The quantitative estimate of drug-likeness (QED) is 0.872. The average molecular weight is 255 g/mol. The van der Waals surface area contributed by atoms with Crippen LogP contribution in [-0.4, -0.2) is 19.1 Å². The fourth-order valence-electron chi connectivity index (χ4n) is 1.96. The van der Waals surface area contributed by atoms with Crippen molar-refractivity contribution in [2.24, 2.45) is 5.73 Å². The Labute approximate surface area is 110 Å². The van der Waals surface area contributed by atoms with E-state index < -0.39 is 0 Å². The van der Waals surface area contributed by atoms with Crippen LogP contribution in [-0.2, 0) is 6.42 Å². The summed E-state index contributed by atoms with van der Waals surface area (Å²) in [4.78, 5) is 2.25. The van der Waals surface area contributed by atoms with Crippen LogP contribution >= 0.6 is 11.6 Å². The number of hydrogen-bond acceptors (Lipinski definition) is 2. The molecule has 0 fully saturated rings. The maximum absolute atomic E-state index is 6.33. The predicted octanol–water partition coefficient (Wildman–Crippen LogP) is 3.46. The van der Waals surface area contributed by atoms with Crippen molar-refractivity contribution in [2.75, 3.05) is 11.9 Å². The molecule has 3 heteroatoms. The fourth-order valence-corrected chi connectivity index (χ4v) is 2.29. The fraction of sp³-hybridized carbons (Fsp3) is 0.571. The largest absolute Gasteiger partial charge is 0.370 e. The highest BCUT2D eigenvalue weighted by Gasteiger charge is 2.16. The number of anilines is 1. The molecule has 1 aromatic carbocycles. The van der Waals surface area contributed by atoms with Gasteiger partial charge < -0.3 is 10.6 Å². The molecule has 1 rings (SSSR count). The molecular formula is C14H23ClN2. The highest BCUT2D eigenvalue weighted by molar-refractivity contribution is 6.33. The van der Waals surface area contributed by atoms with Crippen LogP contribution in [0.15, 0.2) is 18.2 Å². The van der Waals surface area contributed by atoms with Crippen molar-refractivity contribution in [1.82, 2.24) is 0 Å².